The van der Waals surface area contributed by atoms with Gasteiger partial charge in [-0.05, 0) is 51.7 Å². The van der Waals surface area contributed by atoms with E-state index in [-0.39, 0.29) is 7.92 Å². The summed E-state index contributed by atoms with van der Waals surface area (Å²) in [6, 6.07) is 8.34. The van der Waals surface area contributed by atoms with Crippen LogP contribution in [-0.2, 0) is 0 Å². The van der Waals surface area contributed by atoms with Crippen molar-refractivity contribution in [1.29, 1.82) is 0 Å². The Morgan fingerprint density at radius 3 is 2.27 bits per heavy atom. The molecule has 1 heterocycles. The molecule has 0 aliphatic carbocycles. The van der Waals surface area contributed by atoms with Crippen molar-refractivity contribution in [2.45, 2.75) is 13.8 Å². The molecule has 0 saturated carbocycles. The molecule has 0 fully saturated rings. The number of rotatable bonds is 3. The molecule has 3 rings (SSSR count). The zero-order valence-electron chi connectivity index (χ0n) is 13.7. The van der Waals surface area contributed by atoms with Crippen LogP contribution < -0.4 is 19.5 Å². The number of benzene rings is 2. The van der Waals surface area contributed by atoms with Crippen molar-refractivity contribution < 1.29 is 14.2 Å². The van der Waals surface area contributed by atoms with E-state index in [2.05, 4.69) is 32.6 Å². The van der Waals surface area contributed by atoms with E-state index in [0.29, 0.717) is 0 Å². The predicted molar refractivity (Wildman–Crippen MR) is 92.4 cm³/mol. The van der Waals surface area contributed by atoms with E-state index in [1.165, 1.54) is 10.9 Å². The van der Waals surface area contributed by atoms with E-state index in [0.717, 1.165) is 40.3 Å². The van der Waals surface area contributed by atoms with E-state index in [4.69, 9.17) is 14.2 Å². The van der Waals surface area contributed by atoms with Crippen molar-refractivity contribution in [1.82, 2.24) is 0 Å². The normalized spacial score (nSPS) is 16.1. The summed E-state index contributed by atoms with van der Waals surface area (Å²) in [6.07, 6.45) is 0.789. The Morgan fingerprint density at radius 2 is 1.68 bits per heavy atom. The Kier molecular flexibility index (Phi) is 4.01. The molecule has 1 aliphatic rings. The van der Waals surface area contributed by atoms with Crippen molar-refractivity contribution in [3.05, 3.63) is 35.4 Å². The van der Waals surface area contributed by atoms with Crippen LogP contribution in [0, 0.1) is 13.8 Å². The number of hydrogen-bond acceptors (Lipinski definition) is 3. The van der Waals surface area contributed by atoms with E-state index >= 15 is 0 Å². The zero-order chi connectivity index (χ0) is 15.9. The predicted octanol–water partition coefficient (Wildman–Crippen LogP) is 4.07. The highest BCUT2D eigenvalue weighted by Gasteiger charge is 2.27. The average molecular weight is 316 g/mol. The third kappa shape index (κ3) is 2.24. The smallest absolute Gasteiger partial charge is 0.133 e. The van der Waals surface area contributed by atoms with Gasteiger partial charge in [-0.25, -0.2) is 0 Å². The Balaban J connectivity index is 2.36. The Hall–Kier alpha value is -1.73. The molecular weight excluding hydrogens is 295 g/mol. The summed E-state index contributed by atoms with van der Waals surface area (Å²) < 4.78 is 17.2. The van der Waals surface area contributed by atoms with Gasteiger partial charge in [0.2, 0.25) is 0 Å². The molecular formula is C18H21O3P. The molecule has 0 bridgehead atoms. The first-order chi connectivity index (χ1) is 10.6. The van der Waals surface area contributed by atoms with Gasteiger partial charge in [-0.1, -0.05) is 12.1 Å². The molecule has 4 heteroatoms. The number of hydrogen-bond donors (Lipinski definition) is 0. The minimum atomic E-state index is -0.313. The van der Waals surface area contributed by atoms with Gasteiger partial charge in [-0.15, -0.1) is 0 Å². The third-order valence-corrected chi connectivity index (χ3v) is 5.82. The first-order valence-corrected chi connectivity index (χ1v) is 9.25. The Bertz CT molecular complexity index is 697. The summed E-state index contributed by atoms with van der Waals surface area (Å²) in [6.45, 7) is 6.40. The first-order valence-electron chi connectivity index (χ1n) is 7.28. The maximum Gasteiger partial charge on any atom is 0.133 e. The lowest BCUT2D eigenvalue weighted by atomic mass is 9.97. The minimum Gasteiger partial charge on any atom is -0.496 e. The van der Waals surface area contributed by atoms with Crippen molar-refractivity contribution in [3.8, 4) is 28.4 Å². The molecule has 0 N–H and O–H groups in total. The fourth-order valence-corrected chi connectivity index (χ4v) is 4.76. The van der Waals surface area contributed by atoms with E-state index in [1.54, 1.807) is 14.2 Å². The fraction of sp³-hybridized carbons (Fsp3) is 0.333. The lowest BCUT2D eigenvalue weighted by molar-refractivity contribution is 0.393. The molecule has 0 amide bonds. The summed E-state index contributed by atoms with van der Waals surface area (Å²) in [7, 11) is 3.12. The van der Waals surface area contributed by atoms with Crippen molar-refractivity contribution in [3.63, 3.8) is 0 Å². The van der Waals surface area contributed by atoms with Gasteiger partial charge in [0.1, 0.15) is 23.6 Å². The van der Waals surface area contributed by atoms with Crippen LogP contribution in [0.4, 0.5) is 0 Å². The second-order valence-electron chi connectivity index (χ2n) is 5.58. The lowest BCUT2D eigenvalue weighted by Gasteiger charge is -2.20. The standard InChI is InChI=1S/C18H21O3P/c1-11-9-12(2)17(20-4)15(16(11)19-3)13-7-6-8-14-18(13)22(5)10-21-14/h6-9H,10H2,1-5H3/t22-/m0/s1. The molecule has 1 aliphatic heterocycles. The largest absolute Gasteiger partial charge is 0.496 e. The molecule has 0 radical (unpaired) electrons. The van der Waals surface area contributed by atoms with Gasteiger partial charge >= 0.3 is 0 Å². The molecule has 116 valence electrons. The zero-order valence-corrected chi connectivity index (χ0v) is 14.6. The summed E-state index contributed by atoms with van der Waals surface area (Å²) in [5.41, 5.74) is 4.45. The van der Waals surface area contributed by atoms with E-state index in [9.17, 15) is 0 Å². The maximum atomic E-state index is 5.83. The lowest BCUT2D eigenvalue weighted by Crippen LogP contribution is -2.06. The molecule has 0 aromatic heterocycles. The van der Waals surface area contributed by atoms with Gasteiger partial charge in [0.15, 0.2) is 0 Å². The second kappa shape index (κ2) is 5.81. The van der Waals surface area contributed by atoms with Crippen LogP contribution in [0.1, 0.15) is 11.1 Å². The Labute approximate surface area is 133 Å². The average Bonchev–Trinajstić information content (AvgIpc) is 2.88. The van der Waals surface area contributed by atoms with Crippen LogP contribution in [-0.4, -0.2) is 27.2 Å². The highest BCUT2D eigenvalue weighted by atomic mass is 31.1. The highest BCUT2D eigenvalue weighted by molar-refractivity contribution is 7.65. The molecule has 1 atom stereocenters. The SMILES string of the molecule is COc1c(C)cc(C)c(OC)c1-c1cccc2c1[P@@](C)CO2. The monoisotopic (exact) mass is 316 g/mol. The van der Waals surface area contributed by atoms with Crippen LogP contribution >= 0.6 is 7.92 Å². The summed E-state index contributed by atoms with van der Waals surface area (Å²) in [5.74, 6) is 2.76. The maximum absolute atomic E-state index is 5.83. The molecule has 22 heavy (non-hydrogen) atoms. The van der Waals surface area contributed by atoms with Gasteiger partial charge in [0.05, 0.1) is 19.8 Å². The number of aryl methyl sites for hydroxylation is 2. The van der Waals surface area contributed by atoms with Gasteiger partial charge in [-0.3, -0.25) is 0 Å². The van der Waals surface area contributed by atoms with Crippen molar-refractivity contribution in [2.75, 3.05) is 27.2 Å². The van der Waals surface area contributed by atoms with Crippen LogP contribution in [0.5, 0.6) is 17.2 Å². The third-order valence-electron chi connectivity index (χ3n) is 4.08. The van der Waals surface area contributed by atoms with Crippen LogP contribution in [0.15, 0.2) is 24.3 Å². The summed E-state index contributed by atoms with van der Waals surface area (Å²) in [4.78, 5) is 0. The summed E-state index contributed by atoms with van der Waals surface area (Å²) >= 11 is 0. The number of fused-ring (bicyclic) bond motifs is 1. The van der Waals surface area contributed by atoms with Crippen molar-refractivity contribution in [2.24, 2.45) is 0 Å². The molecule has 3 nitrogen and oxygen atoms in total. The van der Waals surface area contributed by atoms with Crippen LogP contribution in [0.3, 0.4) is 0 Å². The van der Waals surface area contributed by atoms with E-state index < -0.39 is 0 Å². The van der Waals surface area contributed by atoms with E-state index in [1.807, 2.05) is 12.1 Å². The van der Waals surface area contributed by atoms with Crippen molar-refractivity contribution >= 4 is 13.2 Å². The topological polar surface area (TPSA) is 27.7 Å². The van der Waals surface area contributed by atoms with Crippen LogP contribution in [0.2, 0.25) is 0 Å². The molecule has 2 aromatic rings. The summed E-state index contributed by atoms with van der Waals surface area (Å²) in [5, 5.41) is 1.30. The minimum absolute atomic E-state index is 0.313. The van der Waals surface area contributed by atoms with Gasteiger partial charge < -0.3 is 14.2 Å². The van der Waals surface area contributed by atoms with Gasteiger partial charge in [0.25, 0.3) is 0 Å². The molecule has 2 aromatic carbocycles. The van der Waals surface area contributed by atoms with Crippen LogP contribution in [0.25, 0.3) is 11.1 Å². The van der Waals surface area contributed by atoms with Gasteiger partial charge in [0, 0.05) is 10.9 Å². The first kappa shape index (κ1) is 15.2. The van der Waals surface area contributed by atoms with Gasteiger partial charge in [-0.2, -0.15) is 0 Å². The quantitative estimate of drug-likeness (QED) is 0.799. The molecule has 0 saturated heterocycles. The Morgan fingerprint density at radius 1 is 1.05 bits per heavy atom. The second-order valence-corrected chi connectivity index (χ2v) is 7.68. The molecule has 0 unspecified atom stereocenters. The highest BCUT2D eigenvalue weighted by Crippen LogP contribution is 2.49. The molecule has 0 spiro atoms. The fourth-order valence-electron chi connectivity index (χ4n) is 3.19. The number of methoxy groups -OCH3 is 2. The number of ether oxygens (including phenoxy) is 3.